The summed E-state index contributed by atoms with van der Waals surface area (Å²) in [5.41, 5.74) is 5.10. The van der Waals surface area contributed by atoms with Gasteiger partial charge in [-0.05, 0) is 12.8 Å². The monoisotopic (exact) mass is 209 g/mol. The highest BCUT2D eigenvalue weighted by Crippen LogP contribution is 2.00. The fourth-order valence-electron chi connectivity index (χ4n) is 0.796. The van der Waals surface area contributed by atoms with Crippen molar-refractivity contribution in [3.63, 3.8) is 0 Å². The number of methoxy groups -OCH3 is 1. The van der Waals surface area contributed by atoms with Gasteiger partial charge in [-0.1, -0.05) is 0 Å². The number of hydrogen-bond acceptors (Lipinski definition) is 4. The van der Waals surface area contributed by atoms with Crippen molar-refractivity contribution in [3.05, 3.63) is 0 Å². The number of hydrogen-bond donors (Lipinski definition) is 1. The standard InChI is InChI=1S/C8H15NO3.ClH/c1-12-8(11)5-3-2-4-7(10)6-9;/h2-6,9H2,1H3;1H. The predicted octanol–water partition coefficient (Wildman–Crippen LogP) is 0.669. The molecule has 0 bridgehead atoms. The molecule has 0 saturated heterocycles. The summed E-state index contributed by atoms with van der Waals surface area (Å²) < 4.78 is 4.44. The summed E-state index contributed by atoms with van der Waals surface area (Å²) >= 11 is 0. The van der Waals surface area contributed by atoms with Crippen molar-refractivity contribution in [2.45, 2.75) is 25.7 Å². The van der Waals surface area contributed by atoms with E-state index in [1.807, 2.05) is 0 Å². The van der Waals surface area contributed by atoms with Crippen LogP contribution in [0.2, 0.25) is 0 Å². The number of ether oxygens (including phenoxy) is 1. The van der Waals surface area contributed by atoms with Gasteiger partial charge in [-0.15, -0.1) is 12.4 Å². The molecule has 0 aromatic heterocycles. The van der Waals surface area contributed by atoms with Crippen molar-refractivity contribution in [3.8, 4) is 0 Å². The number of unbranched alkanes of at least 4 members (excludes halogenated alkanes) is 1. The van der Waals surface area contributed by atoms with Gasteiger partial charge in [0.1, 0.15) is 5.78 Å². The molecular weight excluding hydrogens is 194 g/mol. The van der Waals surface area contributed by atoms with Crippen LogP contribution in [0.4, 0.5) is 0 Å². The van der Waals surface area contributed by atoms with Gasteiger partial charge in [0, 0.05) is 12.8 Å². The number of carbonyl (C=O) groups is 2. The summed E-state index contributed by atoms with van der Waals surface area (Å²) in [4.78, 5) is 21.3. The molecule has 0 heterocycles. The highest BCUT2D eigenvalue weighted by Gasteiger charge is 2.01. The normalized spacial score (nSPS) is 8.77. The van der Waals surface area contributed by atoms with Crippen molar-refractivity contribution in [2.75, 3.05) is 13.7 Å². The van der Waals surface area contributed by atoms with Gasteiger partial charge in [0.05, 0.1) is 13.7 Å². The summed E-state index contributed by atoms with van der Waals surface area (Å²) in [6, 6.07) is 0. The smallest absolute Gasteiger partial charge is 0.305 e. The third-order valence-electron chi connectivity index (χ3n) is 1.54. The zero-order chi connectivity index (χ0) is 9.40. The summed E-state index contributed by atoms with van der Waals surface area (Å²) in [5, 5.41) is 0. The average molecular weight is 210 g/mol. The molecule has 0 aromatic carbocycles. The minimum absolute atomic E-state index is 0. The van der Waals surface area contributed by atoms with E-state index in [0.29, 0.717) is 25.7 Å². The molecule has 0 radical (unpaired) electrons. The van der Waals surface area contributed by atoms with E-state index >= 15 is 0 Å². The fourth-order valence-corrected chi connectivity index (χ4v) is 0.796. The Labute approximate surface area is 84.2 Å². The molecule has 0 aliphatic carbocycles. The zero-order valence-electron chi connectivity index (χ0n) is 7.75. The van der Waals surface area contributed by atoms with Crippen molar-refractivity contribution in [1.82, 2.24) is 0 Å². The van der Waals surface area contributed by atoms with Gasteiger partial charge in [0.15, 0.2) is 0 Å². The molecule has 5 heteroatoms. The highest BCUT2D eigenvalue weighted by molar-refractivity contribution is 5.85. The molecule has 13 heavy (non-hydrogen) atoms. The van der Waals surface area contributed by atoms with E-state index in [1.165, 1.54) is 7.11 Å². The summed E-state index contributed by atoms with van der Waals surface area (Å²) in [7, 11) is 1.35. The Kier molecular flexibility index (Phi) is 10.9. The number of esters is 1. The number of nitrogens with two attached hydrogens (primary N) is 1. The van der Waals surface area contributed by atoms with Crippen LogP contribution in [-0.2, 0) is 14.3 Å². The first-order chi connectivity index (χ1) is 5.70. The number of halogens is 1. The molecule has 0 unspecified atom stereocenters. The van der Waals surface area contributed by atoms with E-state index in [1.54, 1.807) is 0 Å². The van der Waals surface area contributed by atoms with Crippen LogP contribution in [0.3, 0.4) is 0 Å². The Hall–Kier alpha value is -0.610. The third-order valence-corrected chi connectivity index (χ3v) is 1.54. The summed E-state index contributed by atoms with van der Waals surface area (Å²) in [6.07, 6.45) is 2.26. The van der Waals surface area contributed by atoms with Gasteiger partial charge in [-0.3, -0.25) is 9.59 Å². The van der Waals surface area contributed by atoms with Crippen LogP contribution in [0.5, 0.6) is 0 Å². The van der Waals surface area contributed by atoms with E-state index in [2.05, 4.69) is 4.74 Å². The van der Waals surface area contributed by atoms with Crippen LogP contribution in [0.15, 0.2) is 0 Å². The molecular formula is C8H16ClNO3. The van der Waals surface area contributed by atoms with Crippen LogP contribution in [0.1, 0.15) is 25.7 Å². The Morgan fingerprint density at radius 2 is 1.77 bits per heavy atom. The topological polar surface area (TPSA) is 69.4 Å². The number of Topliss-reactive ketones (excluding diaryl/α,β-unsaturated/α-hetero) is 1. The predicted molar refractivity (Wildman–Crippen MR) is 51.8 cm³/mol. The Bertz CT molecular complexity index is 143. The molecule has 78 valence electrons. The molecule has 4 nitrogen and oxygen atoms in total. The van der Waals surface area contributed by atoms with Gasteiger partial charge >= 0.3 is 5.97 Å². The van der Waals surface area contributed by atoms with Gasteiger partial charge in [0.25, 0.3) is 0 Å². The first-order valence-electron chi connectivity index (χ1n) is 3.99. The SMILES string of the molecule is COC(=O)CCCCC(=O)CN.Cl. The third kappa shape index (κ3) is 9.30. The van der Waals surface area contributed by atoms with E-state index < -0.39 is 0 Å². The van der Waals surface area contributed by atoms with Gasteiger partial charge in [-0.25, -0.2) is 0 Å². The first kappa shape index (κ1) is 14.9. The Morgan fingerprint density at radius 1 is 1.23 bits per heavy atom. The van der Waals surface area contributed by atoms with E-state index in [9.17, 15) is 9.59 Å². The Balaban J connectivity index is 0. The van der Waals surface area contributed by atoms with Crippen molar-refractivity contribution >= 4 is 24.2 Å². The minimum Gasteiger partial charge on any atom is -0.469 e. The maximum atomic E-state index is 10.7. The number of rotatable bonds is 6. The van der Waals surface area contributed by atoms with Gasteiger partial charge in [0.2, 0.25) is 0 Å². The summed E-state index contributed by atoms with van der Waals surface area (Å²) in [5.74, 6) is -0.185. The largest absolute Gasteiger partial charge is 0.469 e. The molecule has 0 aromatic rings. The lowest BCUT2D eigenvalue weighted by Gasteiger charge is -1.98. The molecule has 0 aliphatic heterocycles. The molecule has 0 fully saturated rings. The molecule has 2 N–H and O–H groups in total. The molecule has 0 saturated carbocycles. The molecule has 0 spiro atoms. The van der Waals surface area contributed by atoms with Gasteiger partial charge in [-0.2, -0.15) is 0 Å². The van der Waals surface area contributed by atoms with Crippen LogP contribution in [0, 0.1) is 0 Å². The highest BCUT2D eigenvalue weighted by atomic mass is 35.5. The van der Waals surface area contributed by atoms with Crippen LogP contribution in [-0.4, -0.2) is 25.4 Å². The zero-order valence-corrected chi connectivity index (χ0v) is 8.56. The average Bonchev–Trinajstić information content (AvgIpc) is 2.11. The van der Waals surface area contributed by atoms with Crippen LogP contribution in [0.25, 0.3) is 0 Å². The second-order valence-electron chi connectivity index (χ2n) is 2.53. The lowest BCUT2D eigenvalue weighted by Crippen LogP contribution is -2.12. The second-order valence-corrected chi connectivity index (χ2v) is 2.53. The fraction of sp³-hybridized carbons (Fsp3) is 0.750. The lowest BCUT2D eigenvalue weighted by atomic mass is 10.1. The maximum absolute atomic E-state index is 10.7. The van der Waals surface area contributed by atoms with E-state index in [4.69, 9.17) is 5.73 Å². The van der Waals surface area contributed by atoms with E-state index in [0.717, 1.165) is 0 Å². The van der Waals surface area contributed by atoms with Crippen molar-refractivity contribution in [1.29, 1.82) is 0 Å². The summed E-state index contributed by atoms with van der Waals surface area (Å²) in [6.45, 7) is 0.0955. The van der Waals surface area contributed by atoms with E-state index in [-0.39, 0.29) is 30.7 Å². The quantitative estimate of drug-likeness (QED) is 0.516. The van der Waals surface area contributed by atoms with Gasteiger partial charge < -0.3 is 10.5 Å². The lowest BCUT2D eigenvalue weighted by molar-refractivity contribution is -0.140. The first-order valence-corrected chi connectivity index (χ1v) is 3.99. The second kappa shape index (κ2) is 9.48. The number of ketones is 1. The van der Waals surface area contributed by atoms with Crippen LogP contribution < -0.4 is 5.73 Å². The minimum atomic E-state index is -0.227. The number of carbonyl (C=O) groups excluding carboxylic acids is 2. The molecule has 0 rings (SSSR count). The van der Waals surface area contributed by atoms with Crippen molar-refractivity contribution in [2.24, 2.45) is 5.73 Å². The molecule has 0 aliphatic rings. The van der Waals surface area contributed by atoms with Crippen molar-refractivity contribution < 1.29 is 14.3 Å². The Morgan fingerprint density at radius 3 is 2.23 bits per heavy atom. The maximum Gasteiger partial charge on any atom is 0.305 e. The van der Waals surface area contributed by atoms with Crippen LogP contribution >= 0.6 is 12.4 Å². The molecule has 0 amide bonds. The molecule has 0 atom stereocenters.